The molecule has 0 radical (unpaired) electrons. The maximum Gasteiger partial charge on any atom is 0.105 e. The molecule has 104 valence electrons. The fourth-order valence-corrected chi connectivity index (χ4v) is 3.76. The van der Waals surface area contributed by atoms with E-state index < -0.39 is 0 Å². The normalized spacial score (nSPS) is 19.9. The molecule has 1 aliphatic heterocycles. The summed E-state index contributed by atoms with van der Waals surface area (Å²) < 4.78 is 0. The van der Waals surface area contributed by atoms with Crippen molar-refractivity contribution >= 4 is 11.8 Å². The van der Waals surface area contributed by atoms with Crippen LogP contribution in [-0.4, -0.2) is 23.5 Å². The summed E-state index contributed by atoms with van der Waals surface area (Å²) >= 11 is 1.77. The molecule has 0 amide bonds. The van der Waals surface area contributed by atoms with Crippen molar-refractivity contribution in [1.82, 2.24) is 9.88 Å². The van der Waals surface area contributed by atoms with E-state index in [2.05, 4.69) is 59.4 Å². The third kappa shape index (κ3) is 3.05. The molecule has 1 aliphatic rings. The molecule has 2 heterocycles. The summed E-state index contributed by atoms with van der Waals surface area (Å²) in [5, 5.41) is 1.15. The fourth-order valence-electron chi connectivity index (χ4n) is 2.81. The lowest BCUT2D eigenvalue weighted by Crippen LogP contribution is -2.30. The minimum Gasteiger partial charge on any atom is -0.299 e. The van der Waals surface area contributed by atoms with Gasteiger partial charge in [0.15, 0.2) is 0 Å². The molecule has 3 heteroatoms. The van der Waals surface area contributed by atoms with Gasteiger partial charge in [-0.2, -0.15) is 0 Å². The first kappa shape index (κ1) is 13.7. The van der Waals surface area contributed by atoms with Gasteiger partial charge in [-0.1, -0.05) is 42.4 Å². The molecule has 0 saturated carbocycles. The molecule has 20 heavy (non-hydrogen) atoms. The van der Waals surface area contributed by atoms with E-state index in [-0.39, 0.29) is 0 Å². The summed E-state index contributed by atoms with van der Waals surface area (Å²) in [6.07, 6.45) is 5.77. The minimum atomic E-state index is 0.517. The summed E-state index contributed by atoms with van der Waals surface area (Å²) in [4.78, 5) is 8.34. The maximum atomic E-state index is 4.62. The Morgan fingerprint density at radius 3 is 2.75 bits per heavy atom. The molecular weight excluding hydrogens is 264 g/mol. The van der Waals surface area contributed by atoms with Crippen molar-refractivity contribution in [2.75, 3.05) is 13.6 Å². The van der Waals surface area contributed by atoms with E-state index in [0.717, 1.165) is 5.03 Å². The van der Waals surface area contributed by atoms with Crippen molar-refractivity contribution < 1.29 is 0 Å². The predicted molar refractivity (Wildman–Crippen MR) is 84.0 cm³/mol. The minimum absolute atomic E-state index is 0.517. The average molecular weight is 284 g/mol. The summed E-state index contributed by atoms with van der Waals surface area (Å²) in [6, 6.07) is 15.3. The number of likely N-dealkylation sites (tertiary alicyclic amines) is 1. The Morgan fingerprint density at radius 1 is 1.10 bits per heavy atom. The van der Waals surface area contributed by atoms with Gasteiger partial charge in [-0.3, -0.25) is 4.90 Å². The zero-order valence-electron chi connectivity index (χ0n) is 11.8. The quantitative estimate of drug-likeness (QED) is 0.831. The number of nitrogens with zero attached hydrogens (tertiary/aromatic N) is 2. The van der Waals surface area contributed by atoms with E-state index in [4.69, 9.17) is 0 Å². The van der Waals surface area contributed by atoms with Crippen molar-refractivity contribution in [3.63, 3.8) is 0 Å². The highest BCUT2D eigenvalue weighted by Crippen LogP contribution is 2.36. The molecule has 2 aromatic rings. The first-order valence-electron chi connectivity index (χ1n) is 7.22. The predicted octanol–water partition coefficient (Wildman–Crippen LogP) is 4.39. The van der Waals surface area contributed by atoms with Gasteiger partial charge in [-0.15, -0.1) is 0 Å². The Balaban J connectivity index is 1.88. The van der Waals surface area contributed by atoms with Crippen LogP contribution < -0.4 is 0 Å². The van der Waals surface area contributed by atoms with Crippen LogP contribution >= 0.6 is 11.8 Å². The van der Waals surface area contributed by atoms with Crippen LogP contribution in [0.25, 0.3) is 0 Å². The highest BCUT2D eigenvalue weighted by Gasteiger charge is 2.23. The van der Waals surface area contributed by atoms with E-state index in [1.54, 1.807) is 11.8 Å². The van der Waals surface area contributed by atoms with E-state index in [0.29, 0.717) is 6.04 Å². The number of pyridine rings is 1. The highest BCUT2D eigenvalue weighted by molar-refractivity contribution is 7.99. The Labute approximate surface area is 125 Å². The molecule has 0 spiro atoms. The average Bonchev–Trinajstić information content (AvgIpc) is 2.50. The molecule has 0 bridgehead atoms. The van der Waals surface area contributed by atoms with Gasteiger partial charge in [0.25, 0.3) is 0 Å². The van der Waals surface area contributed by atoms with Crippen LogP contribution in [0.2, 0.25) is 0 Å². The van der Waals surface area contributed by atoms with Gasteiger partial charge in [-0.25, -0.2) is 4.98 Å². The molecule has 0 unspecified atom stereocenters. The van der Waals surface area contributed by atoms with Crippen LogP contribution in [0.1, 0.15) is 30.9 Å². The Kier molecular flexibility index (Phi) is 4.38. The lowest BCUT2D eigenvalue weighted by Gasteiger charge is -2.33. The molecule has 1 aromatic carbocycles. The molecule has 2 nitrogen and oxygen atoms in total. The lowest BCUT2D eigenvalue weighted by atomic mass is 9.97. The lowest BCUT2D eigenvalue weighted by molar-refractivity contribution is 0.184. The second kappa shape index (κ2) is 6.42. The van der Waals surface area contributed by atoms with Crippen molar-refractivity contribution in [2.45, 2.75) is 35.2 Å². The van der Waals surface area contributed by atoms with Crippen molar-refractivity contribution in [3.05, 3.63) is 54.2 Å². The van der Waals surface area contributed by atoms with E-state index in [1.165, 1.54) is 36.3 Å². The van der Waals surface area contributed by atoms with Crippen LogP contribution in [0.15, 0.2) is 58.6 Å². The van der Waals surface area contributed by atoms with Gasteiger partial charge in [0.2, 0.25) is 0 Å². The van der Waals surface area contributed by atoms with Crippen LogP contribution in [-0.2, 0) is 0 Å². The Morgan fingerprint density at radius 2 is 1.95 bits per heavy atom. The standard InChI is InChI=1S/C17H20N2S/c1-19-13-6-5-11-16(19)15-10-7-12-18-17(15)20-14-8-3-2-4-9-14/h2-4,7-10,12,16H,5-6,11,13H2,1H3/t16-/m0/s1. The van der Waals surface area contributed by atoms with Crippen molar-refractivity contribution in [1.29, 1.82) is 0 Å². The molecule has 0 N–H and O–H groups in total. The number of aromatic nitrogens is 1. The molecule has 0 aliphatic carbocycles. The van der Waals surface area contributed by atoms with Gasteiger partial charge < -0.3 is 0 Å². The molecule has 1 aromatic heterocycles. The zero-order chi connectivity index (χ0) is 13.8. The first-order valence-corrected chi connectivity index (χ1v) is 8.04. The molecule has 3 rings (SSSR count). The van der Waals surface area contributed by atoms with E-state index in [1.807, 2.05) is 6.20 Å². The van der Waals surface area contributed by atoms with Crippen molar-refractivity contribution in [3.8, 4) is 0 Å². The number of piperidine rings is 1. The van der Waals surface area contributed by atoms with Crippen LogP contribution in [0.4, 0.5) is 0 Å². The second-order valence-electron chi connectivity index (χ2n) is 5.31. The summed E-state index contributed by atoms with van der Waals surface area (Å²) in [6.45, 7) is 1.19. The van der Waals surface area contributed by atoms with E-state index in [9.17, 15) is 0 Å². The van der Waals surface area contributed by atoms with Gasteiger partial charge in [0.1, 0.15) is 5.03 Å². The third-order valence-corrected chi connectivity index (χ3v) is 4.93. The molecular formula is C17H20N2S. The van der Waals surface area contributed by atoms with Crippen LogP contribution in [0, 0.1) is 0 Å². The highest BCUT2D eigenvalue weighted by atomic mass is 32.2. The van der Waals surface area contributed by atoms with Gasteiger partial charge in [0.05, 0.1) is 0 Å². The number of benzene rings is 1. The van der Waals surface area contributed by atoms with Gasteiger partial charge >= 0.3 is 0 Å². The Bertz CT molecular complexity index is 556. The second-order valence-corrected chi connectivity index (χ2v) is 6.37. The van der Waals surface area contributed by atoms with E-state index >= 15 is 0 Å². The first-order chi connectivity index (χ1) is 9.84. The molecule has 1 fully saturated rings. The SMILES string of the molecule is CN1CCCC[C@H]1c1cccnc1Sc1ccccc1. The number of hydrogen-bond donors (Lipinski definition) is 0. The number of rotatable bonds is 3. The fraction of sp³-hybridized carbons (Fsp3) is 0.353. The zero-order valence-corrected chi connectivity index (χ0v) is 12.6. The summed E-state index contributed by atoms with van der Waals surface area (Å²) in [7, 11) is 2.23. The largest absolute Gasteiger partial charge is 0.299 e. The molecule has 1 saturated heterocycles. The van der Waals surface area contributed by atoms with Crippen LogP contribution in [0.3, 0.4) is 0 Å². The van der Waals surface area contributed by atoms with Gasteiger partial charge in [-0.05, 0) is 44.6 Å². The van der Waals surface area contributed by atoms with Crippen molar-refractivity contribution in [2.24, 2.45) is 0 Å². The Hall–Kier alpha value is -1.32. The summed E-state index contributed by atoms with van der Waals surface area (Å²) in [5.41, 5.74) is 1.38. The van der Waals surface area contributed by atoms with Gasteiger partial charge in [0, 0.05) is 22.7 Å². The monoisotopic (exact) mass is 284 g/mol. The molecule has 1 atom stereocenters. The third-order valence-electron chi connectivity index (χ3n) is 3.89. The number of hydrogen-bond acceptors (Lipinski definition) is 3. The smallest absolute Gasteiger partial charge is 0.105 e. The topological polar surface area (TPSA) is 16.1 Å². The van der Waals surface area contributed by atoms with Crippen LogP contribution in [0.5, 0.6) is 0 Å². The maximum absolute atomic E-state index is 4.62. The summed E-state index contributed by atoms with van der Waals surface area (Å²) in [5.74, 6) is 0.